The zero-order chi connectivity index (χ0) is 16.3. The van der Waals surface area contributed by atoms with Gasteiger partial charge in [-0.2, -0.15) is 0 Å². The molecule has 2 aromatic carbocycles. The van der Waals surface area contributed by atoms with Crippen LogP contribution in [-0.4, -0.2) is 11.1 Å². The van der Waals surface area contributed by atoms with Crippen molar-refractivity contribution >= 4 is 23.7 Å². The summed E-state index contributed by atoms with van der Waals surface area (Å²) in [6, 6.07) is 18.6. The lowest BCUT2D eigenvalue weighted by Crippen LogP contribution is -2.21. The second kappa shape index (κ2) is 6.55. The predicted molar refractivity (Wildman–Crippen MR) is 92.9 cm³/mol. The van der Waals surface area contributed by atoms with Gasteiger partial charge in [0.25, 0.3) is 0 Å². The molecule has 0 radical (unpaired) electrons. The van der Waals surface area contributed by atoms with Gasteiger partial charge in [0.05, 0.1) is 0 Å². The fourth-order valence-corrected chi connectivity index (χ4v) is 6.37. The molecule has 0 spiro atoms. The Morgan fingerprint density at radius 1 is 0.826 bits per heavy atom. The molecular formula is C19H19O3P. The summed E-state index contributed by atoms with van der Waals surface area (Å²) >= 11 is 0. The zero-order valence-electron chi connectivity index (χ0n) is 12.8. The number of hydrogen-bond donors (Lipinski definition) is 1. The number of carbonyl (C=O) groups is 1. The Kier molecular flexibility index (Phi) is 4.49. The van der Waals surface area contributed by atoms with Gasteiger partial charge in [0.15, 0.2) is 7.14 Å². The Balaban J connectivity index is 2.29. The molecule has 1 aliphatic carbocycles. The van der Waals surface area contributed by atoms with Crippen LogP contribution >= 0.6 is 7.14 Å². The summed E-state index contributed by atoms with van der Waals surface area (Å²) in [5.74, 6) is -0.938. The third-order valence-electron chi connectivity index (χ3n) is 4.32. The van der Waals surface area contributed by atoms with Crippen molar-refractivity contribution < 1.29 is 14.5 Å². The van der Waals surface area contributed by atoms with E-state index >= 15 is 0 Å². The largest absolute Gasteiger partial charge is 0.478 e. The lowest BCUT2D eigenvalue weighted by atomic mass is 9.99. The van der Waals surface area contributed by atoms with E-state index < -0.39 is 13.1 Å². The van der Waals surface area contributed by atoms with Crippen LogP contribution in [0.5, 0.6) is 0 Å². The van der Waals surface area contributed by atoms with Gasteiger partial charge < -0.3 is 9.67 Å². The Morgan fingerprint density at radius 2 is 1.30 bits per heavy atom. The highest BCUT2D eigenvalue weighted by Gasteiger charge is 2.36. The number of aliphatic carboxylic acids is 1. The highest BCUT2D eigenvalue weighted by molar-refractivity contribution is 7.82. The van der Waals surface area contributed by atoms with Crippen molar-refractivity contribution in [2.45, 2.75) is 25.7 Å². The normalized spacial score (nSPS) is 15.5. The van der Waals surface area contributed by atoms with Crippen LogP contribution < -0.4 is 10.6 Å². The molecule has 1 N–H and O–H groups in total. The first-order chi connectivity index (χ1) is 11.1. The second-order valence-corrected chi connectivity index (χ2v) is 8.51. The van der Waals surface area contributed by atoms with E-state index in [0.29, 0.717) is 34.3 Å². The molecule has 2 aromatic rings. The molecule has 0 bridgehead atoms. The number of rotatable bonds is 4. The second-order valence-electron chi connectivity index (χ2n) is 5.72. The minimum atomic E-state index is -3.11. The van der Waals surface area contributed by atoms with E-state index in [1.165, 1.54) is 0 Å². The first-order valence-electron chi connectivity index (χ1n) is 7.81. The van der Waals surface area contributed by atoms with E-state index in [4.69, 9.17) is 0 Å². The van der Waals surface area contributed by atoms with Gasteiger partial charge in [-0.1, -0.05) is 60.7 Å². The average molecular weight is 326 g/mol. The van der Waals surface area contributed by atoms with Gasteiger partial charge in [0.1, 0.15) is 0 Å². The maximum Gasteiger partial charge on any atom is 0.332 e. The maximum absolute atomic E-state index is 14.2. The first-order valence-corrected chi connectivity index (χ1v) is 9.52. The van der Waals surface area contributed by atoms with Crippen LogP contribution in [0.3, 0.4) is 0 Å². The lowest BCUT2D eigenvalue weighted by Gasteiger charge is -2.27. The molecule has 0 heterocycles. The molecule has 3 nitrogen and oxygen atoms in total. The van der Waals surface area contributed by atoms with Gasteiger partial charge in [0, 0.05) is 21.5 Å². The summed E-state index contributed by atoms with van der Waals surface area (Å²) in [6.45, 7) is 0. The van der Waals surface area contributed by atoms with Crippen molar-refractivity contribution in [2.24, 2.45) is 0 Å². The van der Waals surface area contributed by atoms with Gasteiger partial charge in [0.2, 0.25) is 0 Å². The third kappa shape index (κ3) is 2.89. The number of carboxylic acid groups (broad SMARTS) is 1. The lowest BCUT2D eigenvalue weighted by molar-refractivity contribution is -0.132. The Morgan fingerprint density at radius 3 is 1.78 bits per heavy atom. The van der Waals surface area contributed by atoms with Gasteiger partial charge >= 0.3 is 5.97 Å². The predicted octanol–water partition coefficient (Wildman–Crippen LogP) is 3.91. The minimum Gasteiger partial charge on any atom is -0.478 e. The monoisotopic (exact) mass is 326 g/mol. The molecule has 0 unspecified atom stereocenters. The molecule has 0 aromatic heterocycles. The summed E-state index contributed by atoms with van der Waals surface area (Å²) in [7, 11) is -3.11. The molecule has 0 atom stereocenters. The van der Waals surface area contributed by atoms with E-state index in [9.17, 15) is 14.5 Å². The SMILES string of the molecule is O=C(O)C1=C(P(=O)(c2ccccc2)c2ccccc2)CCCC1. The smallest absolute Gasteiger partial charge is 0.332 e. The molecule has 0 amide bonds. The Labute approximate surface area is 136 Å². The van der Waals surface area contributed by atoms with E-state index in [-0.39, 0.29) is 0 Å². The summed E-state index contributed by atoms with van der Waals surface area (Å²) in [4.78, 5) is 11.7. The van der Waals surface area contributed by atoms with Crippen LogP contribution in [0.2, 0.25) is 0 Å². The van der Waals surface area contributed by atoms with Gasteiger partial charge in [-0.25, -0.2) is 4.79 Å². The summed E-state index contributed by atoms with van der Waals surface area (Å²) < 4.78 is 14.2. The Bertz CT molecular complexity index is 735. The third-order valence-corrected chi connectivity index (χ3v) is 7.62. The van der Waals surface area contributed by atoms with Crippen LogP contribution in [0.1, 0.15) is 25.7 Å². The van der Waals surface area contributed by atoms with Crippen molar-refractivity contribution in [1.29, 1.82) is 0 Å². The quantitative estimate of drug-likeness (QED) is 0.867. The van der Waals surface area contributed by atoms with Crippen LogP contribution in [0.25, 0.3) is 0 Å². The van der Waals surface area contributed by atoms with E-state index in [1.807, 2.05) is 60.7 Å². The van der Waals surface area contributed by atoms with Crippen molar-refractivity contribution in [1.82, 2.24) is 0 Å². The molecule has 23 heavy (non-hydrogen) atoms. The van der Waals surface area contributed by atoms with Crippen LogP contribution in [0, 0.1) is 0 Å². The summed E-state index contributed by atoms with van der Waals surface area (Å²) in [5.41, 5.74) is 0.340. The standard InChI is InChI=1S/C19H19O3P/c20-19(21)17-13-7-8-14-18(17)23(22,15-9-3-1-4-10-15)16-11-5-2-6-12-16/h1-6,9-12H,7-8,13-14H2,(H,20,21). The fourth-order valence-electron chi connectivity index (χ4n) is 3.20. The van der Waals surface area contributed by atoms with Gasteiger partial charge in [-0.05, 0) is 25.7 Å². The van der Waals surface area contributed by atoms with Crippen molar-refractivity contribution in [3.05, 3.63) is 71.6 Å². The number of carboxylic acids is 1. The molecule has 4 heteroatoms. The number of allylic oxidation sites excluding steroid dienone is 1. The molecule has 0 aliphatic heterocycles. The van der Waals surface area contributed by atoms with Crippen molar-refractivity contribution in [2.75, 3.05) is 0 Å². The molecule has 1 aliphatic rings. The first kappa shape index (κ1) is 15.8. The topological polar surface area (TPSA) is 54.4 Å². The zero-order valence-corrected chi connectivity index (χ0v) is 13.7. The van der Waals surface area contributed by atoms with E-state index in [2.05, 4.69) is 0 Å². The van der Waals surface area contributed by atoms with Gasteiger partial charge in [-0.15, -0.1) is 0 Å². The van der Waals surface area contributed by atoms with Gasteiger partial charge in [-0.3, -0.25) is 0 Å². The fraction of sp³-hybridized carbons (Fsp3) is 0.211. The van der Waals surface area contributed by atoms with Crippen LogP contribution in [0.4, 0.5) is 0 Å². The Hall–Kier alpha value is -2.12. The average Bonchev–Trinajstić information content (AvgIpc) is 2.62. The van der Waals surface area contributed by atoms with Crippen LogP contribution in [0.15, 0.2) is 71.6 Å². The summed E-state index contributed by atoms with van der Waals surface area (Å²) in [5, 5.41) is 11.6. The molecule has 118 valence electrons. The van der Waals surface area contributed by atoms with Crippen molar-refractivity contribution in [3.63, 3.8) is 0 Å². The molecular weight excluding hydrogens is 307 g/mol. The van der Waals surface area contributed by atoms with E-state index in [0.717, 1.165) is 12.8 Å². The number of hydrogen-bond acceptors (Lipinski definition) is 2. The highest BCUT2D eigenvalue weighted by atomic mass is 31.2. The number of benzene rings is 2. The van der Waals surface area contributed by atoms with E-state index in [1.54, 1.807) is 0 Å². The molecule has 0 saturated carbocycles. The molecule has 0 fully saturated rings. The molecule has 3 rings (SSSR count). The van der Waals surface area contributed by atoms with Crippen molar-refractivity contribution in [3.8, 4) is 0 Å². The van der Waals surface area contributed by atoms with Crippen LogP contribution in [-0.2, 0) is 9.36 Å². The summed E-state index contributed by atoms with van der Waals surface area (Å²) in [6.07, 6.45) is 2.81. The molecule has 0 saturated heterocycles. The highest BCUT2D eigenvalue weighted by Crippen LogP contribution is 2.56. The minimum absolute atomic E-state index is 0.340. The maximum atomic E-state index is 14.2.